The number of rotatable bonds is 19. The molecule has 326 valence electrons. The van der Waals surface area contributed by atoms with E-state index in [2.05, 4.69) is 0 Å². The summed E-state index contributed by atoms with van der Waals surface area (Å²) >= 11 is 0. The van der Waals surface area contributed by atoms with E-state index in [0.717, 1.165) is 36.1 Å². The van der Waals surface area contributed by atoms with Crippen LogP contribution in [0.5, 0.6) is 0 Å². The zero-order valence-corrected chi connectivity index (χ0v) is 34.7. The molecule has 0 saturated carbocycles. The molecule has 2 heterocycles. The lowest BCUT2D eigenvalue weighted by Gasteiger charge is -2.53. The number of carbonyl (C=O) groups is 3. The molecule has 2 fully saturated rings. The van der Waals surface area contributed by atoms with Gasteiger partial charge in [0.05, 0.1) is 33.0 Å². The standard InChI is InChI=1S/C47H53FO13/c1-31(49)53-30-38-42(57-32(2)50)43(58-33(3)51)40(48)46(59-38)61-47(4)45(56-28-37-23-15-8-16-24-37)44(55-27-36-21-13-7-14-22-36)41(54-26-35-19-11-6-12-20-35)39(60-47)29-52-25-34-17-9-5-10-18-34/h5-24,38-46H,25-30H2,1-4H3/t38-,39-,40-,41+,42-,43-,44+,45-,46-,47-/m1/s1. The third-order valence-electron chi connectivity index (χ3n) is 10.1. The fourth-order valence-electron chi connectivity index (χ4n) is 7.32. The maximum absolute atomic E-state index is 17.0. The predicted octanol–water partition coefficient (Wildman–Crippen LogP) is 6.58. The number of hydrogen-bond donors (Lipinski definition) is 0. The second kappa shape index (κ2) is 22.2. The maximum atomic E-state index is 17.0. The molecule has 0 unspecified atom stereocenters. The lowest BCUT2D eigenvalue weighted by Crippen LogP contribution is -2.69. The van der Waals surface area contributed by atoms with E-state index in [1.807, 2.05) is 121 Å². The van der Waals surface area contributed by atoms with Crippen molar-refractivity contribution in [2.24, 2.45) is 0 Å². The van der Waals surface area contributed by atoms with Gasteiger partial charge in [0.15, 0.2) is 30.5 Å². The second-order valence-corrected chi connectivity index (χ2v) is 15.0. The zero-order valence-electron chi connectivity index (χ0n) is 34.7. The Kier molecular flexibility index (Phi) is 16.5. The minimum absolute atomic E-state index is 0.0197. The first kappa shape index (κ1) is 45.5. The van der Waals surface area contributed by atoms with Crippen molar-refractivity contribution in [1.82, 2.24) is 0 Å². The highest BCUT2D eigenvalue weighted by Gasteiger charge is 2.60. The number of halogens is 1. The Labute approximate surface area is 355 Å². The molecular weight excluding hydrogens is 792 g/mol. The molecular formula is C47H53FO13. The van der Waals surface area contributed by atoms with Crippen molar-refractivity contribution in [3.8, 4) is 0 Å². The van der Waals surface area contributed by atoms with Crippen molar-refractivity contribution in [3.05, 3.63) is 144 Å². The minimum atomic E-state index is -2.25. The normalized spacial score (nSPS) is 27.5. The highest BCUT2D eigenvalue weighted by Crippen LogP contribution is 2.41. The van der Waals surface area contributed by atoms with Gasteiger partial charge in [-0.15, -0.1) is 0 Å². The van der Waals surface area contributed by atoms with Crippen LogP contribution in [0.25, 0.3) is 0 Å². The van der Waals surface area contributed by atoms with E-state index in [1.54, 1.807) is 6.92 Å². The molecule has 0 amide bonds. The topological polar surface area (TPSA) is 144 Å². The Morgan fingerprint density at radius 2 is 1.02 bits per heavy atom. The van der Waals surface area contributed by atoms with Crippen LogP contribution in [0.15, 0.2) is 121 Å². The minimum Gasteiger partial charge on any atom is -0.463 e. The average molecular weight is 845 g/mol. The molecule has 2 aliphatic rings. The SMILES string of the molecule is CC(=O)OC[C@H]1O[C@H](O[C@@]2(C)O[C@H](COCc3ccccc3)[C@H](OCc3ccccc3)[C@H](OCc3ccccc3)[C@H]2OCc2ccccc2)[C@H](F)[C@@H](OC(C)=O)[C@@H]1OC(C)=O. The van der Waals surface area contributed by atoms with E-state index in [-0.39, 0.29) is 33.0 Å². The van der Waals surface area contributed by atoms with E-state index < -0.39 is 85.5 Å². The molecule has 4 aromatic rings. The van der Waals surface area contributed by atoms with Gasteiger partial charge in [-0.1, -0.05) is 121 Å². The molecule has 0 spiro atoms. The predicted molar refractivity (Wildman–Crippen MR) is 217 cm³/mol. The van der Waals surface area contributed by atoms with E-state index in [4.69, 9.17) is 47.4 Å². The van der Waals surface area contributed by atoms with Gasteiger partial charge in [0.1, 0.15) is 37.1 Å². The Hall–Kier alpha value is -5.06. The van der Waals surface area contributed by atoms with Crippen LogP contribution in [-0.4, -0.2) is 92.1 Å². The molecule has 0 radical (unpaired) electrons. The number of benzene rings is 4. The largest absolute Gasteiger partial charge is 0.463 e. The van der Waals surface area contributed by atoms with Crippen molar-refractivity contribution in [3.63, 3.8) is 0 Å². The van der Waals surface area contributed by atoms with Crippen LogP contribution in [0.4, 0.5) is 4.39 Å². The fraction of sp³-hybridized carbons (Fsp3) is 0.426. The molecule has 4 aromatic carbocycles. The summed E-state index contributed by atoms with van der Waals surface area (Å²) in [7, 11) is 0. The van der Waals surface area contributed by atoms with E-state index >= 15 is 4.39 Å². The van der Waals surface area contributed by atoms with Crippen LogP contribution < -0.4 is 0 Å². The van der Waals surface area contributed by atoms with Crippen molar-refractivity contribution >= 4 is 17.9 Å². The first-order valence-corrected chi connectivity index (χ1v) is 20.2. The molecule has 0 aliphatic carbocycles. The van der Waals surface area contributed by atoms with Crippen LogP contribution in [0.2, 0.25) is 0 Å². The average Bonchev–Trinajstić information content (AvgIpc) is 3.25. The number of ether oxygens (including phenoxy) is 10. The van der Waals surface area contributed by atoms with Crippen molar-refractivity contribution in [1.29, 1.82) is 0 Å². The summed E-state index contributed by atoms with van der Waals surface area (Å²) in [6.07, 6.45) is -12.5. The molecule has 2 aliphatic heterocycles. The molecule has 0 N–H and O–H groups in total. The van der Waals surface area contributed by atoms with Crippen LogP contribution in [-0.2, 0) is 88.2 Å². The smallest absolute Gasteiger partial charge is 0.303 e. The molecule has 61 heavy (non-hydrogen) atoms. The Morgan fingerprint density at radius 3 is 1.51 bits per heavy atom. The molecule has 10 atom stereocenters. The summed E-state index contributed by atoms with van der Waals surface area (Å²) < 4.78 is 79.3. The van der Waals surface area contributed by atoms with E-state index in [0.29, 0.717) is 0 Å². The third-order valence-corrected chi connectivity index (χ3v) is 10.1. The van der Waals surface area contributed by atoms with Crippen LogP contribution in [0.3, 0.4) is 0 Å². The lowest BCUT2D eigenvalue weighted by molar-refractivity contribution is -0.422. The van der Waals surface area contributed by atoms with Crippen molar-refractivity contribution in [2.75, 3.05) is 13.2 Å². The maximum Gasteiger partial charge on any atom is 0.303 e. The molecule has 13 nitrogen and oxygen atoms in total. The van der Waals surface area contributed by atoms with Crippen LogP contribution in [0.1, 0.15) is 49.9 Å². The molecule has 2 saturated heterocycles. The van der Waals surface area contributed by atoms with Gasteiger partial charge in [-0.2, -0.15) is 0 Å². The Balaban J connectivity index is 1.40. The Bertz CT molecular complexity index is 1960. The molecule has 6 rings (SSSR count). The third kappa shape index (κ3) is 13.0. The summed E-state index contributed by atoms with van der Waals surface area (Å²) in [4.78, 5) is 36.6. The quantitative estimate of drug-likeness (QED) is 0.0742. The summed E-state index contributed by atoms with van der Waals surface area (Å²) in [6, 6.07) is 38.2. The molecule has 0 aromatic heterocycles. The van der Waals surface area contributed by atoms with Gasteiger partial charge in [-0.05, 0) is 29.2 Å². The zero-order chi connectivity index (χ0) is 43.2. The summed E-state index contributed by atoms with van der Waals surface area (Å²) in [5, 5.41) is 0. The Morgan fingerprint density at radius 1 is 0.557 bits per heavy atom. The van der Waals surface area contributed by atoms with Gasteiger partial charge in [-0.3, -0.25) is 14.4 Å². The van der Waals surface area contributed by atoms with Gasteiger partial charge in [-0.25, -0.2) is 4.39 Å². The second-order valence-electron chi connectivity index (χ2n) is 15.0. The van der Waals surface area contributed by atoms with E-state index in [9.17, 15) is 14.4 Å². The van der Waals surface area contributed by atoms with Crippen LogP contribution in [0, 0.1) is 0 Å². The molecule has 0 bridgehead atoms. The summed E-state index contributed by atoms with van der Waals surface area (Å²) in [5.74, 6) is -4.24. The number of hydrogen-bond acceptors (Lipinski definition) is 13. The first-order chi connectivity index (χ1) is 29.5. The summed E-state index contributed by atoms with van der Waals surface area (Å²) in [6.45, 7) is 5.06. The fourth-order valence-corrected chi connectivity index (χ4v) is 7.32. The van der Waals surface area contributed by atoms with Crippen LogP contribution >= 0.6 is 0 Å². The highest BCUT2D eigenvalue weighted by molar-refractivity contribution is 5.68. The van der Waals surface area contributed by atoms with Gasteiger partial charge in [0.25, 0.3) is 0 Å². The summed E-state index contributed by atoms with van der Waals surface area (Å²) in [5.41, 5.74) is 3.51. The van der Waals surface area contributed by atoms with Crippen molar-refractivity contribution < 1.29 is 66.1 Å². The monoisotopic (exact) mass is 844 g/mol. The first-order valence-electron chi connectivity index (χ1n) is 20.2. The number of alkyl halides is 1. The van der Waals surface area contributed by atoms with E-state index in [1.165, 1.54) is 6.92 Å². The number of esters is 3. The lowest BCUT2D eigenvalue weighted by atomic mass is 9.91. The van der Waals surface area contributed by atoms with Crippen molar-refractivity contribution in [2.45, 2.75) is 115 Å². The highest BCUT2D eigenvalue weighted by atomic mass is 19.1. The molecule has 14 heteroatoms. The van der Waals surface area contributed by atoms with Gasteiger partial charge < -0.3 is 47.4 Å². The van der Waals surface area contributed by atoms with Gasteiger partial charge in [0, 0.05) is 20.8 Å². The van der Waals surface area contributed by atoms with Gasteiger partial charge in [0.2, 0.25) is 0 Å². The number of carbonyl (C=O) groups excluding carboxylic acids is 3. The van der Waals surface area contributed by atoms with Gasteiger partial charge >= 0.3 is 17.9 Å².